The van der Waals surface area contributed by atoms with E-state index in [-0.39, 0.29) is 12.6 Å². The van der Waals surface area contributed by atoms with Gasteiger partial charge in [-0.1, -0.05) is 15.9 Å². The molecule has 1 atom stereocenters. The van der Waals surface area contributed by atoms with Crippen molar-refractivity contribution in [2.75, 3.05) is 12.9 Å². The fourth-order valence-corrected chi connectivity index (χ4v) is 3.25. The lowest BCUT2D eigenvalue weighted by molar-refractivity contribution is 0.111. The van der Waals surface area contributed by atoms with Gasteiger partial charge in [0, 0.05) is 4.47 Å². The minimum Gasteiger partial charge on any atom is -0.491 e. The zero-order valence-corrected chi connectivity index (χ0v) is 12.0. The zero-order valence-electron chi connectivity index (χ0n) is 9.64. The van der Waals surface area contributed by atoms with E-state index in [4.69, 9.17) is 4.74 Å². The summed E-state index contributed by atoms with van der Waals surface area (Å²) in [6.45, 7) is 0.225. The fraction of sp³-hybridized carbons (Fsp3) is 0.364. The third-order valence-electron chi connectivity index (χ3n) is 2.56. The maximum atomic E-state index is 11.2. The van der Waals surface area contributed by atoms with Crippen LogP contribution in [-0.2, 0) is 16.4 Å². The monoisotopic (exact) mass is 333 g/mol. The van der Waals surface area contributed by atoms with E-state index < -0.39 is 10.0 Å². The molecule has 1 N–H and O–H groups in total. The summed E-state index contributed by atoms with van der Waals surface area (Å²) >= 11 is 3.31. The van der Waals surface area contributed by atoms with Gasteiger partial charge in [-0.15, -0.1) is 0 Å². The molecule has 1 aromatic rings. The Labute approximate surface area is 114 Å². The predicted octanol–water partition coefficient (Wildman–Crippen LogP) is 1.11. The van der Waals surface area contributed by atoms with Crippen molar-refractivity contribution < 1.29 is 17.9 Å². The molecule has 0 amide bonds. The largest absolute Gasteiger partial charge is 0.491 e. The number of hydrogen-bond acceptors (Lipinski definition) is 4. The molecular weight excluding hydrogens is 322 g/mol. The zero-order chi connectivity index (χ0) is 13.3. The summed E-state index contributed by atoms with van der Waals surface area (Å²) < 4.78 is 31.1. The van der Waals surface area contributed by atoms with Crippen molar-refractivity contribution in [3.8, 4) is 5.75 Å². The van der Waals surface area contributed by atoms with Gasteiger partial charge in [-0.05, 0) is 24.1 Å². The van der Waals surface area contributed by atoms with Crippen LogP contribution in [0.5, 0.6) is 5.75 Å². The third kappa shape index (κ3) is 3.09. The van der Waals surface area contributed by atoms with Gasteiger partial charge in [-0.25, -0.2) is 13.1 Å². The van der Waals surface area contributed by atoms with Gasteiger partial charge in [-0.2, -0.15) is 0 Å². The number of nitrogens with one attached hydrogen (secondary N) is 1. The van der Waals surface area contributed by atoms with Crippen LogP contribution in [0.2, 0.25) is 0 Å². The Hall–Kier alpha value is -0.920. The Balaban J connectivity index is 2.29. The Bertz CT molecular complexity index is 585. The first-order chi connectivity index (χ1) is 8.39. The predicted molar refractivity (Wildman–Crippen MR) is 70.5 cm³/mol. The van der Waals surface area contributed by atoms with E-state index in [0.29, 0.717) is 17.7 Å². The first kappa shape index (κ1) is 13.5. The molecule has 1 unspecified atom stereocenters. The Morgan fingerprint density at radius 3 is 2.83 bits per heavy atom. The van der Waals surface area contributed by atoms with Crippen LogP contribution in [0.15, 0.2) is 16.6 Å². The summed E-state index contributed by atoms with van der Waals surface area (Å²) in [6.07, 6.45) is 2.34. The lowest BCUT2D eigenvalue weighted by Crippen LogP contribution is -2.42. The smallest absolute Gasteiger partial charge is 0.209 e. The second-order valence-electron chi connectivity index (χ2n) is 4.20. The van der Waals surface area contributed by atoms with Crippen LogP contribution in [-0.4, -0.2) is 33.6 Å². The summed E-state index contributed by atoms with van der Waals surface area (Å²) in [5.41, 5.74) is 1.29. The van der Waals surface area contributed by atoms with Crippen molar-refractivity contribution in [1.29, 1.82) is 0 Å². The summed E-state index contributed by atoms with van der Waals surface area (Å²) in [7, 11) is -3.26. The molecule has 0 bridgehead atoms. The van der Waals surface area contributed by atoms with Crippen molar-refractivity contribution in [1.82, 2.24) is 4.72 Å². The number of fused-ring (bicyclic) bond motifs is 1. The number of hydrogen-bond donors (Lipinski definition) is 1. The average Bonchev–Trinajstić information content (AvgIpc) is 2.25. The van der Waals surface area contributed by atoms with Crippen LogP contribution in [0.4, 0.5) is 0 Å². The van der Waals surface area contributed by atoms with Crippen molar-refractivity contribution in [2.24, 2.45) is 0 Å². The van der Waals surface area contributed by atoms with Crippen LogP contribution >= 0.6 is 15.9 Å². The Morgan fingerprint density at radius 2 is 2.22 bits per heavy atom. The molecule has 18 heavy (non-hydrogen) atoms. The number of ether oxygens (including phenoxy) is 1. The number of benzene rings is 1. The highest BCUT2D eigenvalue weighted by Gasteiger charge is 2.24. The second-order valence-corrected chi connectivity index (χ2v) is 6.90. The Morgan fingerprint density at radius 1 is 1.50 bits per heavy atom. The first-order valence-corrected chi connectivity index (χ1v) is 7.95. The molecule has 7 heteroatoms. The minimum absolute atomic E-state index is 0.225. The number of halogens is 1. The van der Waals surface area contributed by atoms with E-state index in [1.54, 1.807) is 6.07 Å². The molecular formula is C11H12BrNO4S. The van der Waals surface area contributed by atoms with Crippen LogP contribution in [0.25, 0.3) is 0 Å². The first-order valence-electron chi connectivity index (χ1n) is 5.27. The number of sulfonamides is 1. The van der Waals surface area contributed by atoms with E-state index in [0.717, 1.165) is 22.6 Å². The summed E-state index contributed by atoms with van der Waals surface area (Å²) in [6, 6.07) is 3.20. The molecule has 0 aromatic heterocycles. The van der Waals surface area contributed by atoms with Gasteiger partial charge in [0.15, 0.2) is 6.29 Å². The molecule has 0 aliphatic carbocycles. The topological polar surface area (TPSA) is 72.5 Å². The van der Waals surface area contributed by atoms with Crippen LogP contribution < -0.4 is 9.46 Å². The lowest BCUT2D eigenvalue weighted by Gasteiger charge is -2.26. The van der Waals surface area contributed by atoms with Crippen molar-refractivity contribution in [3.05, 3.63) is 27.7 Å². The van der Waals surface area contributed by atoms with Gasteiger partial charge >= 0.3 is 0 Å². The third-order valence-corrected chi connectivity index (χ3v) is 3.78. The summed E-state index contributed by atoms with van der Waals surface area (Å²) in [5, 5.41) is 0. The summed E-state index contributed by atoms with van der Waals surface area (Å²) in [5.74, 6) is 0.541. The van der Waals surface area contributed by atoms with Crippen molar-refractivity contribution >= 4 is 32.2 Å². The number of rotatable bonds is 3. The molecule has 1 heterocycles. The molecule has 2 rings (SSSR count). The quantitative estimate of drug-likeness (QED) is 0.841. The van der Waals surface area contributed by atoms with E-state index in [1.807, 2.05) is 6.07 Å². The fourth-order valence-electron chi connectivity index (χ4n) is 1.98. The van der Waals surface area contributed by atoms with Gasteiger partial charge in [0.1, 0.15) is 12.4 Å². The molecule has 1 aliphatic heterocycles. The van der Waals surface area contributed by atoms with Crippen LogP contribution in [0, 0.1) is 0 Å². The van der Waals surface area contributed by atoms with Gasteiger partial charge in [-0.3, -0.25) is 4.79 Å². The second kappa shape index (κ2) is 4.99. The number of carbonyl (C=O) groups excluding carboxylic acids is 1. The van der Waals surface area contributed by atoms with Crippen LogP contribution in [0.1, 0.15) is 15.9 Å². The maximum absolute atomic E-state index is 11.2. The molecule has 5 nitrogen and oxygen atoms in total. The van der Waals surface area contributed by atoms with Crippen molar-refractivity contribution in [3.63, 3.8) is 0 Å². The number of carbonyl (C=O) groups is 1. The number of aldehydes is 1. The molecule has 98 valence electrons. The van der Waals surface area contributed by atoms with Crippen LogP contribution in [0.3, 0.4) is 0 Å². The van der Waals surface area contributed by atoms with Gasteiger partial charge in [0.25, 0.3) is 0 Å². The minimum atomic E-state index is -3.26. The van der Waals surface area contributed by atoms with Gasteiger partial charge in [0.05, 0.1) is 17.9 Å². The molecule has 0 saturated carbocycles. The van der Waals surface area contributed by atoms with E-state index in [9.17, 15) is 13.2 Å². The highest BCUT2D eigenvalue weighted by molar-refractivity contribution is 9.10. The maximum Gasteiger partial charge on any atom is 0.209 e. The van der Waals surface area contributed by atoms with E-state index >= 15 is 0 Å². The standard InChI is InChI=1S/C11H12BrNO4S/c1-18(15,16)13-10-4-7-2-9(12)3-8(5-14)11(7)17-6-10/h2-3,5,10,13H,4,6H2,1H3. The van der Waals surface area contributed by atoms with E-state index in [2.05, 4.69) is 20.7 Å². The normalized spacial score (nSPS) is 18.9. The SMILES string of the molecule is CS(=O)(=O)NC1COc2c(C=O)cc(Br)cc2C1. The molecule has 0 saturated heterocycles. The summed E-state index contributed by atoms with van der Waals surface area (Å²) in [4.78, 5) is 10.9. The highest BCUT2D eigenvalue weighted by Crippen LogP contribution is 2.31. The van der Waals surface area contributed by atoms with Crippen molar-refractivity contribution in [2.45, 2.75) is 12.5 Å². The molecule has 1 aliphatic rings. The Kier molecular flexibility index (Phi) is 3.74. The van der Waals surface area contributed by atoms with E-state index in [1.165, 1.54) is 0 Å². The molecule has 0 fully saturated rings. The molecule has 0 radical (unpaired) electrons. The lowest BCUT2D eigenvalue weighted by atomic mass is 10.0. The molecule has 1 aromatic carbocycles. The molecule has 0 spiro atoms. The van der Waals surface area contributed by atoms with Gasteiger partial charge < -0.3 is 4.74 Å². The average molecular weight is 334 g/mol. The highest BCUT2D eigenvalue weighted by atomic mass is 79.9. The van der Waals surface area contributed by atoms with Gasteiger partial charge in [0.2, 0.25) is 10.0 Å².